The summed E-state index contributed by atoms with van der Waals surface area (Å²) in [5, 5.41) is 1.24. The fourth-order valence-electron chi connectivity index (χ4n) is 3.92. The number of benzene rings is 2. The van der Waals surface area contributed by atoms with E-state index in [1.165, 1.54) is 16.5 Å². The van der Waals surface area contributed by atoms with Crippen molar-refractivity contribution < 1.29 is 9.53 Å². The van der Waals surface area contributed by atoms with Crippen LogP contribution in [0.2, 0.25) is 0 Å². The van der Waals surface area contributed by atoms with Crippen LogP contribution in [-0.2, 0) is 18.3 Å². The monoisotopic (exact) mass is 377 g/mol. The number of carbonyl (C=O) groups excluding carboxylic acids is 1. The Hall–Kier alpha value is -2.95. The fraction of sp³-hybridized carbons (Fsp3) is 0.348. The predicted molar refractivity (Wildman–Crippen MR) is 113 cm³/mol. The molecule has 0 bridgehead atoms. The normalized spacial score (nSPS) is 14.5. The Kier molecular flexibility index (Phi) is 5.24. The van der Waals surface area contributed by atoms with Gasteiger partial charge in [0.25, 0.3) is 0 Å². The summed E-state index contributed by atoms with van der Waals surface area (Å²) in [4.78, 5) is 17.0. The highest BCUT2D eigenvalue weighted by Crippen LogP contribution is 2.22. The van der Waals surface area contributed by atoms with Gasteiger partial charge in [-0.15, -0.1) is 0 Å². The van der Waals surface area contributed by atoms with Crippen LogP contribution in [0.3, 0.4) is 0 Å². The molecular weight excluding hydrogens is 350 g/mol. The minimum Gasteiger partial charge on any atom is -0.497 e. The Morgan fingerprint density at radius 1 is 1.04 bits per heavy atom. The maximum Gasteiger partial charge on any atom is 0.223 e. The minimum atomic E-state index is 0.249. The van der Waals surface area contributed by atoms with Gasteiger partial charge in [0.1, 0.15) is 5.75 Å². The molecule has 1 fully saturated rings. The second-order valence-corrected chi connectivity index (χ2v) is 7.39. The van der Waals surface area contributed by atoms with Gasteiger partial charge < -0.3 is 19.1 Å². The molecule has 5 heteroatoms. The van der Waals surface area contributed by atoms with Crippen molar-refractivity contribution in [2.75, 3.05) is 38.2 Å². The molecule has 0 aliphatic carbocycles. The van der Waals surface area contributed by atoms with Crippen LogP contribution in [0.25, 0.3) is 10.9 Å². The number of methoxy groups -OCH3 is 1. The average molecular weight is 377 g/mol. The molecule has 3 aromatic rings. The van der Waals surface area contributed by atoms with Gasteiger partial charge in [-0.3, -0.25) is 4.79 Å². The number of amides is 1. The van der Waals surface area contributed by atoms with Crippen LogP contribution in [0.1, 0.15) is 12.0 Å². The molecule has 0 radical (unpaired) electrons. The van der Waals surface area contributed by atoms with E-state index in [1.807, 2.05) is 17.0 Å². The number of piperazine rings is 1. The number of anilines is 1. The lowest BCUT2D eigenvalue weighted by atomic mass is 10.1. The summed E-state index contributed by atoms with van der Waals surface area (Å²) in [7, 11) is 3.74. The van der Waals surface area contributed by atoms with E-state index in [1.54, 1.807) is 7.11 Å². The third kappa shape index (κ3) is 3.84. The van der Waals surface area contributed by atoms with Crippen molar-refractivity contribution in [3.05, 3.63) is 60.3 Å². The van der Waals surface area contributed by atoms with Crippen LogP contribution in [0, 0.1) is 0 Å². The van der Waals surface area contributed by atoms with Crippen LogP contribution >= 0.6 is 0 Å². The van der Waals surface area contributed by atoms with E-state index in [-0.39, 0.29) is 5.91 Å². The van der Waals surface area contributed by atoms with Crippen LogP contribution in [0.15, 0.2) is 54.7 Å². The molecule has 2 heterocycles. The number of aryl methyl sites for hydroxylation is 2. The molecule has 2 aromatic carbocycles. The maximum absolute atomic E-state index is 12.7. The van der Waals surface area contributed by atoms with E-state index in [4.69, 9.17) is 4.74 Å². The van der Waals surface area contributed by atoms with Gasteiger partial charge in [0.05, 0.1) is 7.11 Å². The van der Waals surface area contributed by atoms with Crippen LogP contribution < -0.4 is 9.64 Å². The average Bonchev–Trinajstić information content (AvgIpc) is 3.12. The molecule has 5 nitrogen and oxygen atoms in total. The smallest absolute Gasteiger partial charge is 0.223 e. The van der Waals surface area contributed by atoms with Gasteiger partial charge in [-0.05, 0) is 47.7 Å². The molecular formula is C23H27N3O2. The molecule has 1 aromatic heterocycles. The third-order valence-corrected chi connectivity index (χ3v) is 5.63. The SMILES string of the molecule is COc1cccc(N2CCN(C(=O)CCc3ccc4c(ccn4C)c3)CC2)c1. The van der Waals surface area contributed by atoms with E-state index < -0.39 is 0 Å². The van der Waals surface area contributed by atoms with E-state index in [0.717, 1.165) is 44.0 Å². The molecule has 0 atom stereocenters. The maximum atomic E-state index is 12.7. The first-order valence-electron chi connectivity index (χ1n) is 9.85. The lowest BCUT2D eigenvalue weighted by molar-refractivity contribution is -0.131. The Morgan fingerprint density at radius 2 is 1.86 bits per heavy atom. The number of aromatic nitrogens is 1. The Labute approximate surface area is 166 Å². The van der Waals surface area contributed by atoms with E-state index in [2.05, 4.69) is 59.1 Å². The largest absolute Gasteiger partial charge is 0.497 e. The molecule has 28 heavy (non-hydrogen) atoms. The Bertz CT molecular complexity index is 971. The highest BCUT2D eigenvalue weighted by Gasteiger charge is 2.21. The van der Waals surface area contributed by atoms with Gasteiger partial charge >= 0.3 is 0 Å². The standard InChI is InChI=1S/C23H27N3O2/c1-24-11-10-19-16-18(6-8-22(19)24)7-9-23(27)26-14-12-25(13-15-26)20-4-3-5-21(17-20)28-2/h3-6,8,10-11,16-17H,7,9,12-15H2,1-2H3. The molecule has 1 amide bonds. The third-order valence-electron chi connectivity index (χ3n) is 5.63. The van der Waals surface area contributed by atoms with Gasteiger partial charge in [0.15, 0.2) is 0 Å². The summed E-state index contributed by atoms with van der Waals surface area (Å²) in [6.45, 7) is 3.26. The highest BCUT2D eigenvalue weighted by atomic mass is 16.5. The Morgan fingerprint density at radius 3 is 2.64 bits per heavy atom. The first-order valence-corrected chi connectivity index (χ1v) is 9.85. The second kappa shape index (κ2) is 7.97. The summed E-state index contributed by atoms with van der Waals surface area (Å²) >= 11 is 0. The van der Waals surface area contributed by atoms with E-state index >= 15 is 0 Å². The zero-order chi connectivity index (χ0) is 19.5. The van der Waals surface area contributed by atoms with Gasteiger partial charge in [-0.25, -0.2) is 0 Å². The number of carbonyl (C=O) groups is 1. The number of hydrogen-bond donors (Lipinski definition) is 0. The number of fused-ring (bicyclic) bond motifs is 1. The summed E-state index contributed by atoms with van der Waals surface area (Å²) in [6, 6.07) is 16.7. The molecule has 0 N–H and O–H groups in total. The van der Waals surface area contributed by atoms with Crippen molar-refractivity contribution in [1.82, 2.24) is 9.47 Å². The zero-order valence-electron chi connectivity index (χ0n) is 16.6. The molecule has 1 aliphatic heterocycles. The van der Waals surface area contributed by atoms with Crippen molar-refractivity contribution in [1.29, 1.82) is 0 Å². The summed E-state index contributed by atoms with van der Waals surface area (Å²) < 4.78 is 7.43. The molecule has 1 saturated heterocycles. The topological polar surface area (TPSA) is 37.7 Å². The lowest BCUT2D eigenvalue weighted by Gasteiger charge is -2.36. The molecule has 0 unspecified atom stereocenters. The van der Waals surface area contributed by atoms with Crippen molar-refractivity contribution in [2.24, 2.45) is 7.05 Å². The first kappa shape index (κ1) is 18.4. The minimum absolute atomic E-state index is 0.249. The second-order valence-electron chi connectivity index (χ2n) is 7.39. The number of ether oxygens (including phenoxy) is 1. The predicted octanol–water partition coefficient (Wildman–Crippen LogP) is 3.47. The van der Waals surface area contributed by atoms with Crippen molar-refractivity contribution >= 4 is 22.5 Å². The van der Waals surface area contributed by atoms with Gasteiger partial charge in [0, 0.05) is 63.1 Å². The number of rotatable bonds is 5. The van der Waals surface area contributed by atoms with Crippen molar-refractivity contribution in [3.63, 3.8) is 0 Å². The quantitative estimate of drug-likeness (QED) is 0.683. The summed E-state index contributed by atoms with van der Waals surface area (Å²) in [5.74, 6) is 1.12. The molecule has 4 rings (SSSR count). The van der Waals surface area contributed by atoms with E-state index in [0.29, 0.717) is 6.42 Å². The van der Waals surface area contributed by atoms with Crippen molar-refractivity contribution in [2.45, 2.75) is 12.8 Å². The van der Waals surface area contributed by atoms with Crippen LogP contribution in [0.5, 0.6) is 5.75 Å². The number of nitrogens with zero attached hydrogens (tertiary/aromatic N) is 3. The van der Waals surface area contributed by atoms with Crippen molar-refractivity contribution in [3.8, 4) is 5.75 Å². The lowest BCUT2D eigenvalue weighted by Crippen LogP contribution is -2.48. The van der Waals surface area contributed by atoms with Gasteiger partial charge in [0.2, 0.25) is 5.91 Å². The van der Waals surface area contributed by atoms with Gasteiger partial charge in [-0.1, -0.05) is 12.1 Å². The Balaban J connectivity index is 1.31. The van der Waals surface area contributed by atoms with Crippen LogP contribution in [-0.4, -0.2) is 48.7 Å². The van der Waals surface area contributed by atoms with Crippen LogP contribution in [0.4, 0.5) is 5.69 Å². The van der Waals surface area contributed by atoms with E-state index in [9.17, 15) is 4.79 Å². The molecule has 0 spiro atoms. The molecule has 0 saturated carbocycles. The molecule has 146 valence electrons. The van der Waals surface area contributed by atoms with Gasteiger partial charge in [-0.2, -0.15) is 0 Å². The summed E-state index contributed by atoms with van der Waals surface area (Å²) in [6.07, 6.45) is 3.43. The zero-order valence-corrected chi connectivity index (χ0v) is 16.6. The number of hydrogen-bond acceptors (Lipinski definition) is 3. The molecule has 1 aliphatic rings. The summed E-state index contributed by atoms with van der Waals surface area (Å²) in [5.41, 5.74) is 3.61. The highest BCUT2D eigenvalue weighted by molar-refractivity contribution is 5.81. The fourth-order valence-corrected chi connectivity index (χ4v) is 3.92. The first-order chi connectivity index (χ1) is 13.6.